The molecule has 12 heteroatoms. The maximum atomic E-state index is 11.2. The first-order chi connectivity index (χ1) is 17.3. The van der Waals surface area contributed by atoms with E-state index in [9.17, 15) is 14.4 Å². The summed E-state index contributed by atoms with van der Waals surface area (Å²) in [6, 6.07) is 0. The van der Waals surface area contributed by atoms with Crippen molar-refractivity contribution in [3.63, 3.8) is 0 Å². The maximum absolute atomic E-state index is 11.2. The lowest BCUT2D eigenvalue weighted by Crippen LogP contribution is -2.40. The smallest absolute Gasteiger partial charge is 0.309 e. The summed E-state index contributed by atoms with van der Waals surface area (Å²) in [5, 5.41) is 11.9. The number of hydrogen-bond donors (Lipinski definition) is 2. The number of nitrogens with zero attached hydrogens (tertiary/aromatic N) is 2. The molecule has 0 spiro atoms. The van der Waals surface area contributed by atoms with Gasteiger partial charge < -0.3 is 29.5 Å². The second-order valence-corrected chi connectivity index (χ2v) is 9.19. The quantitative estimate of drug-likeness (QED) is 0.387. The molecule has 0 bridgehead atoms. The number of carboxylic acid groups (broad SMARTS) is 1. The molecule has 3 aliphatic rings. The summed E-state index contributed by atoms with van der Waals surface area (Å²) in [6.07, 6.45) is 5.95. The SMILES string of the molecule is C.C.C.COC(=O)C1CCCNC1.C[B]C.C[B]N1CCCC(C(=O)O)C1.C[B]N1CCCC(C(=O)OC)C1. The summed E-state index contributed by atoms with van der Waals surface area (Å²) in [7, 11) is 8.90. The molecular formula is C27H59B3N3O6. The van der Waals surface area contributed by atoms with E-state index in [0.717, 1.165) is 71.2 Å². The van der Waals surface area contributed by atoms with Gasteiger partial charge >= 0.3 is 17.9 Å². The highest BCUT2D eigenvalue weighted by Gasteiger charge is 2.25. The molecule has 0 aromatic carbocycles. The van der Waals surface area contributed by atoms with Crippen LogP contribution in [0.15, 0.2) is 0 Å². The number of piperidine rings is 3. The summed E-state index contributed by atoms with van der Waals surface area (Å²) in [5.74, 6) is -0.774. The summed E-state index contributed by atoms with van der Waals surface area (Å²) in [6.45, 7) is 13.4. The Balaban J connectivity index is -0.000000217. The van der Waals surface area contributed by atoms with Gasteiger partial charge in [-0.1, -0.05) is 49.6 Å². The average Bonchev–Trinajstić information content (AvgIpc) is 2.93. The minimum atomic E-state index is -0.656. The Bertz CT molecular complexity index is 613. The molecular weight excluding hydrogens is 495 g/mol. The van der Waals surface area contributed by atoms with Crippen molar-refractivity contribution in [1.82, 2.24) is 14.9 Å². The van der Waals surface area contributed by atoms with Gasteiger partial charge in [0, 0.05) is 19.6 Å². The molecule has 3 rings (SSSR count). The van der Waals surface area contributed by atoms with Crippen molar-refractivity contribution in [2.75, 3.05) is 53.5 Å². The maximum Gasteiger partial charge on any atom is 0.309 e. The van der Waals surface area contributed by atoms with Crippen molar-refractivity contribution in [1.29, 1.82) is 0 Å². The van der Waals surface area contributed by atoms with Crippen LogP contribution in [0.25, 0.3) is 0 Å². The Hall–Kier alpha value is -1.52. The molecule has 3 saturated heterocycles. The monoisotopic (exact) mass is 554 g/mol. The lowest BCUT2D eigenvalue weighted by atomic mass is 9.88. The third kappa shape index (κ3) is 20.1. The molecule has 39 heavy (non-hydrogen) atoms. The first-order valence-corrected chi connectivity index (χ1v) is 13.2. The van der Waals surface area contributed by atoms with Crippen LogP contribution in [0.2, 0.25) is 27.3 Å². The van der Waals surface area contributed by atoms with Crippen LogP contribution < -0.4 is 5.32 Å². The number of carboxylic acids is 1. The summed E-state index contributed by atoms with van der Waals surface area (Å²) in [4.78, 5) is 36.9. The first-order valence-electron chi connectivity index (χ1n) is 13.2. The summed E-state index contributed by atoms with van der Waals surface area (Å²) in [5.41, 5.74) is 0. The van der Waals surface area contributed by atoms with Gasteiger partial charge in [-0.2, -0.15) is 0 Å². The van der Waals surface area contributed by atoms with Crippen LogP contribution in [-0.2, 0) is 23.9 Å². The van der Waals surface area contributed by atoms with Crippen molar-refractivity contribution in [2.45, 2.75) is 88.1 Å². The highest BCUT2D eigenvalue weighted by Crippen LogP contribution is 2.17. The van der Waals surface area contributed by atoms with Crippen molar-refractivity contribution in [3.8, 4) is 0 Å². The van der Waals surface area contributed by atoms with Gasteiger partial charge in [-0.15, -0.1) is 0 Å². The standard InChI is InChI=1S/C8H15BNO2.C7H13BNO2.C7H13NO2.C2H6B.3CH4/c1-9-10-5-3-4-7(6-10)8(11)12-2;1-8-9-4-2-3-6(5-9)7(10)11;1-10-7(9)6-3-2-4-8-5-6;1-3-2;;;/h7H,3-6H2,1-2H3;6H,2-5H2,1H3,(H,10,11);6,8H,2-5H2,1H3;1-2H3;3*1H4. The summed E-state index contributed by atoms with van der Waals surface area (Å²) < 4.78 is 9.31. The van der Waals surface area contributed by atoms with Crippen molar-refractivity contribution >= 4 is 40.0 Å². The van der Waals surface area contributed by atoms with E-state index in [2.05, 4.69) is 19.7 Å². The van der Waals surface area contributed by atoms with Crippen LogP contribution >= 0.6 is 0 Å². The molecule has 3 aliphatic heterocycles. The second kappa shape index (κ2) is 28.0. The number of esters is 2. The average molecular weight is 554 g/mol. The number of carbonyl (C=O) groups excluding carboxylic acids is 2. The van der Waals surface area contributed by atoms with Crippen LogP contribution in [0.5, 0.6) is 0 Å². The highest BCUT2D eigenvalue weighted by atomic mass is 16.5. The van der Waals surface area contributed by atoms with Gasteiger partial charge in [0.15, 0.2) is 0 Å². The highest BCUT2D eigenvalue weighted by molar-refractivity contribution is 6.31. The Morgan fingerprint density at radius 2 is 1.15 bits per heavy atom. The van der Waals surface area contributed by atoms with E-state index < -0.39 is 5.97 Å². The van der Waals surface area contributed by atoms with Crippen molar-refractivity contribution in [2.24, 2.45) is 17.8 Å². The van der Waals surface area contributed by atoms with Gasteiger partial charge in [0.05, 0.1) is 32.0 Å². The third-order valence-electron chi connectivity index (χ3n) is 6.35. The zero-order valence-electron chi connectivity index (χ0n) is 23.3. The molecule has 0 aromatic rings. The predicted octanol–water partition coefficient (Wildman–Crippen LogP) is 3.84. The number of rotatable bonds is 5. The molecule has 2 N–H and O–H groups in total. The van der Waals surface area contributed by atoms with E-state index in [0.29, 0.717) is 6.54 Å². The normalized spacial score (nSPS) is 22.2. The number of nitrogens with one attached hydrogen (secondary N) is 1. The molecule has 0 saturated carbocycles. The Labute approximate surface area is 243 Å². The van der Waals surface area contributed by atoms with Crippen LogP contribution in [-0.4, -0.2) is 108 Å². The van der Waals surface area contributed by atoms with E-state index in [-0.39, 0.29) is 52.0 Å². The molecule has 3 heterocycles. The van der Waals surface area contributed by atoms with Crippen molar-refractivity contribution in [3.05, 3.63) is 0 Å². The van der Waals surface area contributed by atoms with E-state index in [1.54, 1.807) is 0 Å². The van der Waals surface area contributed by atoms with Crippen LogP contribution in [0.1, 0.15) is 60.8 Å². The molecule has 0 aromatic heterocycles. The fourth-order valence-corrected chi connectivity index (χ4v) is 4.26. The van der Waals surface area contributed by atoms with E-state index >= 15 is 0 Å². The Kier molecular flexibility index (Phi) is 32.0. The first kappa shape index (κ1) is 44.5. The van der Waals surface area contributed by atoms with Crippen LogP contribution in [0.3, 0.4) is 0 Å². The zero-order chi connectivity index (χ0) is 27.3. The number of ether oxygens (including phenoxy) is 2. The van der Waals surface area contributed by atoms with E-state index in [1.165, 1.54) is 14.2 Å². The molecule has 227 valence electrons. The molecule has 0 amide bonds. The number of aliphatic carboxylic acids is 1. The predicted molar refractivity (Wildman–Crippen MR) is 167 cm³/mol. The lowest BCUT2D eigenvalue weighted by molar-refractivity contribution is -0.147. The van der Waals surface area contributed by atoms with Crippen LogP contribution in [0.4, 0.5) is 0 Å². The molecule has 3 unspecified atom stereocenters. The van der Waals surface area contributed by atoms with Gasteiger partial charge in [0.25, 0.3) is 0 Å². The third-order valence-corrected chi connectivity index (χ3v) is 6.35. The number of carbonyl (C=O) groups is 3. The lowest BCUT2D eigenvalue weighted by Gasteiger charge is -2.30. The van der Waals surface area contributed by atoms with Gasteiger partial charge in [-0.25, -0.2) is 0 Å². The minimum absolute atomic E-state index is 0. The number of hydrogen-bond acceptors (Lipinski definition) is 8. The fraction of sp³-hybridized carbons (Fsp3) is 0.889. The Morgan fingerprint density at radius 3 is 1.54 bits per heavy atom. The Morgan fingerprint density at radius 1 is 0.744 bits per heavy atom. The summed E-state index contributed by atoms with van der Waals surface area (Å²) >= 11 is 0. The molecule has 3 fully saturated rings. The van der Waals surface area contributed by atoms with Crippen molar-refractivity contribution < 1.29 is 29.0 Å². The zero-order valence-corrected chi connectivity index (χ0v) is 23.3. The van der Waals surface area contributed by atoms with Gasteiger partial charge in [0.1, 0.15) is 7.28 Å². The fourth-order valence-electron chi connectivity index (χ4n) is 4.26. The minimum Gasteiger partial charge on any atom is -0.481 e. The molecule has 0 aliphatic carbocycles. The molecule has 9 nitrogen and oxygen atoms in total. The van der Waals surface area contributed by atoms with Gasteiger partial charge in [-0.05, 0) is 58.2 Å². The largest absolute Gasteiger partial charge is 0.481 e. The van der Waals surface area contributed by atoms with Crippen LogP contribution in [0, 0.1) is 17.8 Å². The second-order valence-electron chi connectivity index (χ2n) is 9.19. The molecule has 3 radical (unpaired) electrons. The molecule has 3 atom stereocenters. The van der Waals surface area contributed by atoms with E-state index in [4.69, 9.17) is 9.84 Å². The van der Waals surface area contributed by atoms with E-state index in [1.807, 2.05) is 49.4 Å². The topological polar surface area (TPSA) is 108 Å². The van der Waals surface area contributed by atoms with Gasteiger partial charge in [0.2, 0.25) is 14.8 Å². The van der Waals surface area contributed by atoms with Gasteiger partial charge in [-0.3, -0.25) is 14.4 Å². The number of methoxy groups -OCH3 is 2.